The zero-order valence-corrected chi connectivity index (χ0v) is 16.5. The first-order chi connectivity index (χ1) is 8.99. The molecule has 0 aromatic heterocycles. The van der Waals surface area contributed by atoms with Crippen LogP contribution >= 0.6 is 24.8 Å². The number of nitrogens with zero attached hydrogens (tertiary/aromatic N) is 1. The molecule has 1 aliphatic carbocycles. The largest absolute Gasteiger partial charge is 0.378 e. The number of amides is 1. The van der Waals surface area contributed by atoms with Crippen LogP contribution in [-0.4, -0.2) is 55.2 Å². The number of carbonyl (C=O) groups excluding carboxylic acids is 1. The maximum atomic E-state index is 12.5. The topological polar surface area (TPSA) is 67.6 Å². The molecule has 0 aromatic rings. The van der Waals surface area contributed by atoms with Crippen molar-refractivity contribution >= 4 is 30.7 Å². The van der Waals surface area contributed by atoms with Crippen molar-refractivity contribution in [3.63, 3.8) is 0 Å². The molecule has 0 saturated heterocycles. The van der Waals surface area contributed by atoms with Gasteiger partial charge in [-0.05, 0) is 34.9 Å². The molecule has 0 aliphatic heterocycles. The summed E-state index contributed by atoms with van der Waals surface area (Å²) in [6.45, 7) is 11.4. The minimum Gasteiger partial charge on any atom is -0.378 e. The number of hydrogen-bond donors (Lipinski definition) is 2. The minimum absolute atomic E-state index is 0. The second kappa shape index (κ2) is 8.15. The van der Waals surface area contributed by atoms with E-state index >= 15 is 0 Å². The molecular weight excluding hydrogens is 325 g/mol. The lowest BCUT2D eigenvalue weighted by Gasteiger charge is -2.57. The molecule has 22 heavy (non-hydrogen) atoms. The van der Waals surface area contributed by atoms with E-state index in [9.17, 15) is 4.79 Å². The Morgan fingerprint density at radius 3 is 2.23 bits per heavy atom. The smallest absolute Gasteiger partial charge is 0.240 e. The van der Waals surface area contributed by atoms with Crippen molar-refractivity contribution in [2.24, 2.45) is 11.1 Å². The summed E-state index contributed by atoms with van der Waals surface area (Å²) < 4.78 is 5.65. The molecule has 0 spiro atoms. The van der Waals surface area contributed by atoms with Crippen LogP contribution in [0.3, 0.4) is 0 Å². The Bertz CT molecular complexity index is 376. The van der Waals surface area contributed by atoms with Crippen LogP contribution in [0.15, 0.2) is 0 Å². The van der Waals surface area contributed by atoms with Crippen LogP contribution in [-0.2, 0) is 9.53 Å². The van der Waals surface area contributed by atoms with E-state index in [4.69, 9.17) is 10.5 Å². The molecular formula is C15H33Cl2N3O2. The van der Waals surface area contributed by atoms with E-state index in [1.54, 1.807) is 0 Å². The molecule has 2 unspecified atom stereocenters. The molecule has 134 valence electrons. The standard InChI is InChI=1S/C15H31N3O2.2ClH/c1-8-20-11-9-15(16,14(11,4)5)12(19)17-10-13(2,3)18(6)7;;/h11H,8-10,16H2,1-7H3,(H,17,19);2*1H. The van der Waals surface area contributed by atoms with Gasteiger partial charge in [0, 0.05) is 30.5 Å². The van der Waals surface area contributed by atoms with Crippen LogP contribution < -0.4 is 11.1 Å². The maximum absolute atomic E-state index is 12.5. The first kappa shape index (κ1) is 24.2. The molecule has 0 bridgehead atoms. The zero-order valence-electron chi connectivity index (χ0n) is 14.9. The fourth-order valence-electron chi connectivity index (χ4n) is 2.43. The Morgan fingerprint density at radius 2 is 1.86 bits per heavy atom. The fraction of sp³-hybridized carbons (Fsp3) is 0.933. The predicted octanol–water partition coefficient (Wildman–Crippen LogP) is 1.82. The number of halogens is 2. The molecule has 2 atom stereocenters. The third-order valence-electron chi connectivity index (χ3n) is 5.13. The van der Waals surface area contributed by atoms with Gasteiger partial charge in [0.25, 0.3) is 0 Å². The van der Waals surface area contributed by atoms with Crippen LogP contribution in [0.25, 0.3) is 0 Å². The van der Waals surface area contributed by atoms with Crippen molar-refractivity contribution < 1.29 is 9.53 Å². The molecule has 0 heterocycles. The van der Waals surface area contributed by atoms with E-state index in [1.807, 2.05) is 34.9 Å². The quantitative estimate of drug-likeness (QED) is 0.760. The van der Waals surface area contributed by atoms with Crippen molar-refractivity contribution in [1.82, 2.24) is 10.2 Å². The SMILES string of the molecule is CCOC1CC(N)(C(=O)NCC(C)(C)N(C)C)C1(C)C.Cl.Cl. The number of rotatable bonds is 6. The van der Waals surface area contributed by atoms with Gasteiger partial charge < -0.3 is 20.7 Å². The summed E-state index contributed by atoms with van der Waals surface area (Å²) >= 11 is 0. The summed E-state index contributed by atoms with van der Waals surface area (Å²) in [5.74, 6) is -0.0756. The van der Waals surface area contributed by atoms with Gasteiger partial charge in [-0.1, -0.05) is 13.8 Å². The summed E-state index contributed by atoms with van der Waals surface area (Å²) in [6, 6.07) is 0. The monoisotopic (exact) mass is 357 g/mol. The average molecular weight is 358 g/mol. The van der Waals surface area contributed by atoms with Gasteiger partial charge >= 0.3 is 0 Å². The molecule has 3 N–H and O–H groups in total. The third-order valence-corrected chi connectivity index (χ3v) is 5.13. The molecule has 1 amide bonds. The van der Waals surface area contributed by atoms with Gasteiger partial charge in [-0.2, -0.15) is 0 Å². The minimum atomic E-state index is -0.838. The molecule has 0 radical (unpaired) electrons. The summed E-state index contributed by atoms with van der Waals surface area (Å²) in [7, 11) is 4.01. The van der Waals surface area contributed by atoms with Gasteiger partial charge in [0.05, 0.1) is 6.10 Å². The molecule has 5 nitrogen and oxygen atoms in total. The third kappa shape index (κ3) is 4.26. The Balaban J connectivity index is 0. The number of carbonyl (C=O) groups is 1. The number of likely N-dealkylation sites (N-methyl/N-ethyl adjacent to an activating group) is 1. The van der Waals surface area contributed by atoms with Crippen LogP contribution in [0.5, 0.6) is 0 Å². The fourth-order valence-corrected chi connectivity index (χ4v) is 2.43. The highest BCUT2D eigenvalue weighted by atomic mass is 35.5. The summed E-state index contributed by atoms with van der Waals surface area (Å²) in [4.78, 5) is 14.6. The maximum Gasteiger partial charge on any atom is 0.240 e. The Kier molecular flexibility index (Phi) is 8.96. The van der Waals surface area contributed by atoms with Gasteiger partial charge in [-0.25, -0.2) is 0 Å². The summed E-state index contributed by atoms with van der Waals surface area (Å²) in [5.41, 5.74) is 5.07. The highest BCUT2D eigenvalue weighted by Gasteiger charge is 2.62. The van der Waals surface area contributed by atoms with Crippen molar-refractivity contribution in [2.75, 3.05) is 27.2 Å². The van der Waals surface area contributed by atoms with E-state index in [0.29, 0.717) is 19.6 Å². The van der Waals surface area contributed by atoms with Crippen molar-refractivity contribution in [3.8, 4) is 0 Å². The molecule has 7 heteroatoms. The van der Waals surface area contributed by atoms with Gasteiger partial charge in [0.15, 0.2) is 0 Å². The molecule has 0 aromatic carbocycles. The average Bonchev–Trinajstić information content (AvgIpc) is 2.35. The van der Waals surface area contributed by atoms with Gasteiger partial charge in [-0.15, -0.1) is 24.8 Å². The van der Waals surface area contributed by atoms with E-state index in [0.717, 1.165) is 0 Å². The Labute approximate surface area is 147 Å². The molecule has 1 aliphatic rings. The number of ether oxygens (including phenoxy) is 1. The summed E-state index contributed by atoms with van der Waals surface area (Å²) in [5, 5.41) is 3.00. The van der Waals surface area contributed by atoms with Gasteiger partial charge in [0.2, 0.25) is 5.91 Å². The normalized spacial score (nSPS) is 26.5. The first-order valence-electron chi connectivity index (χ1n) is 7.35. The summed E-state index contributed by atoms with van der Waals surface area (Å²) in [6.07, 6.45) is 0.646. The van der Waals surface area contributed by atoms with Crippen LogP contribution in [0, 0.1) is 5.41 Å². The molecule has 1 saturated carbocycles. The van der Waals surface area contributed by atoms with E-state index in [1.165, 1.54) is 0 Å². The van der Waals surface area contributed by atoms with E-state index < -0.39 is 5.54 Å². The van der Waals surface area contributed by atoms with Gasteiger partial charge in [-0.3, -0.25) is 4.79 Å². The zero-order chi connectivity index (χ0) is 15.8. The lowest BCUT2D eigenvalue weighted by Crippen LogP contribution is -2.76. The number of nitrogens with two attached hydrogens (primary N) is 1. The van der Waals surface area contributed by atoms with Crippen LogP contribution in [0.2, 0.25) is 0 Å². The van der Waals surface area contributed by atoms with Crippen LogP contribution in [0.4, 0.5) is 0 Å². The van der Waals surface area contributed by atoms with Crippen molar-refractivity contribution in [2.45, 2.75) is 58.2 Å². The predicted molar refractivity (Wildman–Crippen MR) is 96.0 cm³/mol. The van der Waals surface area contributed by atoms with E-state index in [2.05, 4.69) is 24.1 Å². The first-order valence-corrected chi connectivity index (χ1v) is 7.35. The highest BCUT2D eigenvalue weighted by molar-refractivity contribution is 5.88. The lowest BCUT2D eigenvalue weighted by atomic mass is 9.54. The Morgan fingerprint density at radius 1 is 1.36 bits per heavy atom. The molecule has 1 rings (SSSR count). The number of hydrogen-bond acceptors (Lipinski definition) is 4. The second-order valence-electron chi connectivity index (χ2n) is 7.23. The van der Waals surface area contributed by atoms with Crippen molar-refractivity contribution in [3.05, 3.63) is 0 Å². The highest BCUT2D eigenvalue weighted by Crippen LogP contribution is 2.49. The molecule has 1 fully saturated rings. The Hall–Kier alpha value is -0.0700. The van der Waals surface area contributed by atoms with Crippen molar-refractivity contribution in [1.29, 1.82) is 0 Å². The van der Waals surface area contributed by atoms with E-state index in [-0.39, 0.29) is 47.8 Å². The van der Waals surface area contributed by atoms with Gasteiger partial charge in [0.1, 0.15) is 5.54 Å². The number of nitrogens with one attached hydrogen (secondary N) is 1. The lowest BCUT2D eigenvalue weighted by molar-refractivity contribution is -0.171. The van der Waals surface area contributed by atoms with Crippen LogP contribution in [0.1, 0.15) is 41.0 Å². The second-order valence-corrected chi connectivity index (χ2v) is 7.23.